The molecule has 1 N–H and O–H groups in total. The molecule has 22 heavy (non-hydrogen) atoms. The monoisotopic (exact) mass is 311 g/mol. The molecule has 0 aromatic heterocycles. The second kappa shape index (κ2) is 6.10. The molecule has 0 aliphatic heterocycles. The highest BCUT2D eigenvalue weighted by molar-refractivity contribution is 7.98. The van der Waals surface area contributed by atoms with E-state index >= 15 is 0 Å². The highest BCUT2D eigenvalue weighted by atomic mass is 32.2. The summed E-state index contributed by atoms with van der Waals surface area (Å²) in [5, 5.41) is 3.86. The Bertz CT molecular complexity index is 643. The van der Waals surface area contributed by atoms with E-state index in [0.29, 0.717) is 12.0 Å². The Morgan fingerprint density at radius 3 is 2.41 bits per heavy atom. The van der Waals surface area contributed by atoms with Gasteiger partial charge in [0.25, 0.3) is 0 Å². The molecule has 0 fully saturated rings. The average Bonchev–Trinajstić information content (AvgIpc) is 2.84. The molecule has 1 aliphatic rings. The predicted molar refractivity (Wildman–Crippen MR) is 96.7 cm³/mol. The van der Waals surface area contributed by atoms with E-state index in [0.717, 1.165) is 6.42 Å². The second-order valence-electron chi connectivity index (χ2n) is 7.16. The van der Waals surface area contributed by atoms with Crippen molar-refractivity contribution in [3.8, 4) is 0 Å². The minimum atomic E-state index is 0.106. The van der Waals surface area contributed by atoms with Crippen molar-refractivity contribution < 1.29 is 0 Å². The molecule has 2 aromatic carbocycles. The van der Waals surface area contributed by atoms with Crippen molar-refractivity contribution in [1.29, 1.82) is 0 Å². The molecule has 2 atom stereocenters. The molecule has 0 bridgehead atoms. The number of benzene rings is 2. The molecule has 0 radical (unpaired) electrons. The zero-order valence-electron chi connectivity index (χ0n) is 13.9. The van der Waals surface area contributed by atoms with Crippen LogP contribution in [-0.2, 0) is 6.42 Å². The third-order valence-corrected chi connectivity index (χ3v) is 5.07. The van der Waals surface area contributed by atoms with Crippen molar-refractivity contribution in [2.75, 3.05) is 6.26 Å². The lowest BCUT2D eigenvalue weighted by atomic mass is 9.90. The van der Waals surface area contributed by atoms with Gasteiger partial charge < -0.3 is 5.32 Å². The van der Waals surface area contributed by atoms with Crippen LogP contribution in [0.4, 0.5) is 0 Å². The summed E-state index contributed by atoms with van der Waals surface area (Å²) in [5.74, 6) is 0.521. The minimum Gasteiger partial charge on any atom is -0.305 e. The standard InChI is InChI=1S/C20H25NS/c1-20(2,3)21-19-17(14-8-6-5-7-9-14)12-15-10-11-16(22-4)13-18(15)19/h5-11,13,17,19,21H,12H2,1-4H3/t17-,19+/m1/s1. The summed E-state index contributed by atoms with van der Waals surface area (Å²) in [6.07, 6.45) is 3.28. The maximum Gasteiger partial charge on any atom is 0.0400 e. The lowest BCUT2D eigenvalue weighted by Crippen LogP contribution is -2.40. The number of nitrogens with one attached hydrogen (secondary N) is 1. The van der Waals surface area contributed by atoms with E-state index in [2.05, 4.69) is 80.9 Å². The summed E-state index contributed by atoms with van der Waals surface area (Å²) in [6, 6.07) is 18.3. The van der Waals surface area contributed by atoms with Gasteiger partial charge in [0, 0.05) is 22.4 Å². The van der Waals surface area contributed by atoms with Gasteiger partial charge in [-0.3, -0.25) is 0 Å². The molecular formula is C20H25NS. The van der Waals surface area contributed by atoms with Gasteiger partial charge in [-0.05, 0) is 62.3 Å². The number of hydrogen-bond donors (Lipinski definition) is 1. The number of thioether (sulfide) groups is 1. The maximum atomic E-state index is 3.86. The number of rotatable bonds is 3. The van der Waals surface area contributed by atoms with Crippen LogP contribution in [0.15, 0.2) is 53.4 Å². The van der Waals surface area contributed by atoms with E-state index < -0.39 is 0 Å². The highest BCUT2D eigenvalue weighted by Gasteiger charge is 2.35. The van der Waals surface area contributed by atoms with Crippen LogP contribution >= 0.6 is 11.8 Å². The third-order valence-electron chi connectivity index (χ3n) is 4.35. The van der Waals surface area contributed by atoms with Gasteiger partial charge in [-0.15, -0.1) is 11.8 Å². The van der Waals surface area contributed by atoms with Crippen LogP contribution in [-0.4, -0.2) is 11.8 Å². The molecule has 3 rings (SSSR count). The summed E-state index contributed by atoms with van der Waals surface area (Å²) in [6.45, 7) is 6.77. The van der Waals surface area contributed by atoms with Gasteiger partial charge in [0.1, 0.15) is 0 Å². The van der Waals surface area contributed by atoms with E-state index in [4.69, 9.17) is 0 Å². The molecule has 2 heteroatoms. The molecule has 1 aliphatic carbocycles. The van der Waals surface area contributed by atoms with Crippen LogP contribution in [0.2, 0.25) is 0 Å². The Labute approximate surface area is 138 Å². The van der Waals surface area contributed by atoms with Gasteiger partial charge in [-0.2, -0.15) is 0 Å². The third kappa shape index (κ3) is 3.23. The fraction of sp³-hybridized carbons (Fsp3) is 0.400. The van der Waals surface area contributed by atoms with Crippen LogP contribution in [0.5, 0.6) is 0 Å². The fourth-order valence-electron chi connectivity index (χ4n) is 3.40. The summed E-state index contributed by atoms with van der Waals surface area (Å²) < 4.78 is 0. The van der Waals surface area contributed by atoms with Crippen LogP contribution in [0, 0.1) is 0 Å². The first-order valence-corrected chi connectivity index (χ1v) is 9.20. The second-order valence-corrected chi connectivity index (χ2v) is 8.04. The zero-order chi connectivity index (χ0) is 15.7. The van der Waals surface area contributed by atoms with E-state index in [9.17, 15) is 0 Å². The SMILES string of the molecule is CSc1ccc2c(c1)[C@@H](NC(C)(C)C)[C@@H](c1ccccc1)C2. The van der Waals surface area contributed by atoms with Crippen molar-refractivity contribution in [3.63, 3.8) is 0 Å². The Balaban J connectivity index is 2.01. The van der Waals surface area contributed by atoms with Crippen molar-refractivity contribution in [1.82, 2.24) is 5.32 Å². The highest BCUT2D eigenvalue weighted by Crippen LogP contribution is 2.44. The first kappa shape index (κ1) is 15.6. The number of fused-ring (bicyclic) bond motifs is 1. The van der Waals surface area contributed by atoms with Crippen LogP contribution in [0.25, 0.3) is 0 Å². The normalized spacial score (nSPS) is 20.9. The van der Waals surface area contributed by atoms with Crippen molar-refractivity contribution in [2.45, 2.75) is 49.6 Å². The zero-order valence-corrected chi connectivity index (χ0v) is 14.7. The molecule has 0 saturated heterocycles. The van der Waals surface area contributed by atoms with E-state index in [-0.39, 0.29) is 5.54 Å². The predicted octanol–water partition coefficient (Wildman–Crippen LogP) is 5.18. The largest absolute Gasteiger partial charge is 0.305 e. The minimum absolute atomic E-state index is 0.106. The van der Waals surface area contributed by atoms with Gasteiger partial charge in [-0.1, -0.05) is 36.4 Å². The molecule has 0 heterocycles. The molecule has 0 saturated carbocycles. The molecule has 1 nitrogen and oxygen atoms in total. The summed E-state index contributed by atoms with van der Waals surface area (Å²) >= 11 is 1.82. The topological polar surface area (TPSA) is 12.0 Å². The Morgan fingerprint density at radius 1 is 1.05 bits per heavy atom. The van der Waals surface area contributed by atoms with Gasteiger partial charge in [0.2, 0.25) is 0 Å². The summed E-state index contributed by atoms with van der Waals surface area (Å²) in [5.41, 5.74) is 4.52. The summed E-state index contributed by atoms with van der Waals surface area (Å²) in [4.78, 5) is 1.35. The van der Waals surface area contributed by atoms with Crippen LogP contribution in [0.3, 0.4) is 0 Å². The number of hydrogen-bond acceptors (Lipinski definition) is 2. The van der Waals surface area contributed by atoms with Gasteiger partial charge in [-0.25, -0.2) is 0 Å². The molecular weight excluding hydrogens is 286 g/mol. The molecule has 0 spiro atoms. The summed E-state index contributed by atoms with van der Waals surface area (Å²) in [7, 11) is 0. The fourth-order valence-corrected chi connectivity index (χ4v) is 3.85. The maximum absolute atomic E-state index is 3.86. The average molecular weight is 311 g/mol. The van der Waals surface area contributed by atoms with Crippen LogP contribution < -0.4 is 5.32 Å². The molecule has 0 unspecified atom stereocenters. The Kier molecular flexibility index (Phi) is 4.33. The smallest absolute Gasteiger partial charge is 0.0400 e. The lowest BCUT2D eigenvalue weighted by molar-refractivity contribution is 0.340. The first-order valence-electron chi connectivity index (χ1n) is 7.97. The Morgan fingerprint density at radius 2 is 1.77 bits per heavy atom. The van der Waals surface area contributed by atoms with Crippen molar-refractivity contribution in [3.05, 3.63) is 65.2 Å². The lowest BCUT2D eigenvalue weighted by Gasteiger charge is -2.31. The Hall–Kier alpha value is -1.25. The molecule has 2 aromatic rings. The van der Waals surface area contributed by atoms with Crippen molar-refractivity contribution >= 4 is 11.8 Å². The van der Waals surface area contributed by atoms with Crippen molar-refractivity contribution in [2.24, 2.45) is 0 Å². The quantitative estimate of drug-likeness (QED) is 0.784. The van der Waals surface area contributed by atoms with E-state index in [1.54, 1.807) is 0 Å². The van der Waals surface area contributed by atoms with Crippen LogP contribution in [0.1, 0.15) is 49.4 Å². The van der Waals surface area contributed by atoms with E-state index in [1.807, 2.05) is 11.8 Å². The first-order chi connectivity index (χ1) is 10.5. The molecule has 0 amide bonds. The van der Waals surface area contributed by atoms with E-state index in [1.165, 1.54) is 21.6 Å². The van der Waals surface area contributed by atoms with Gasteiger partial charge in [0.15, 0.2) is 0 Å². The van der Waals surface area contributed by atoms with Gasteiger partial charge >= 0.3 is 0 Å². The molecule has 116 valence electrons. The van der Waals surface area contributed by atoms with Gasteiger partial charge in [0.05, 0.1) is 0 Å².